The van der Waals surface area contributed by atoms with Crippen molar-refractivity contribution in [3.05, 3.63) is 47.3 Å². The minimum atomic E-state index is -4.60. The zero-order valence-electron chi connectivity index (χ0n) is 15.6. The summed E-state index contributed by atoms with van der Waals surface area (Å²) < 4.78 is 44.1. The van der Waals surface area contributed by atoms with E-state index in [9.17, 15) is 27.6 Å². The summed E-state index contributed by atoms with van der Waals surface area (Å²) in [4.78, 5) is 42.4. The molecule has 3 atom stereocenters. The van der Waals surface area contributed by atoms with Gasteiger partial charge in [0.2, 0.25) is 0 Å². The maximum atomic E-state index is 13.1. The first kappa shape index (κ1) is 18.6. The minimum absolute atomic E-state index is 0.109. The Kier molecular flexibility index (Phi) is 3.77. The molecule has 0 saturated carbocycles. The molecule has 2 unspecified atom stereocenters. The number of nitrogens with zero attached hydrogens (tertiary/aromatic N) is 4. The highest BCUT2D eigenvalue weighted by molar-refractivity contribution is 6.22. The number of fused-ring (bicyclic) bond motifs is 5. The van der Waals surface area contributed by atoms with Crippen LogP contribution in [0, 0.1) is 6.92 Å². The van der Waals surface area contributed by atoms with Crippen molar-refractivity contribution in [2.75, 3.05) is 11.4 Å². The molecule has 8 nitrogen and oxygen atoms in total. The van der Waals surface area contributed by atoms with Crippen LogP contribution in [0.3, 0.4) is 0 Å². The smallest absolute Gasteiger partial charge is 0.361 e. The Labute approximate surface area is 167 Å². The summed E-state index contributed by atoms with van der Waals surface area (Å²) >= 11 is 0. The second-order valence-electron chi connectivity index (χ2n) is 7.59. The summed E-state index contributed by atoms with van der Waals surface area (Å²) in [6.45, 7) is 1.87. The van der Waals surface area contributed by atoms with Crippen LogP contribution in [0.25, 0.3) is 0 Å². The van der Waals surface area contributed by atoms with E-state index in [0.717, 1.165) is 23.1 Å². The number of rotatable bonds is 2. The molecular weight excluding hydrogens is 405 g/mol. The maximum absolute atomic E-state index is 13.1. The van der Waals surface area contributed by atoms with Gasteiger partial charge in [0.15, 0.2) is 5.69 Å². The molecule has 30 heavy (non-hydrogen) atoms. The molecule has 3 aliphatic heterocycles. The van der Waals surface area contributed by atoms with E-state index < -0.39 is 41.7 Å². The number of urea groups is 1. The fourth-order valence-electron chi connectivity index (χ4n) is 4.56. The molecular formula is C19H15F3N4O4. The number of piperazine rings is 1. The van der Waals surface area contributed by atoms with Crippen molar-refractivity contribution in [3.63, 3.8) is 0 Å². The number of aromatic nitrogens is 1. The van der Waals surface area contributed by atoms with E-state index >= 15 is 0 Å². The van der Waals surface area contributed by atoms with E-state index in [1.54, 1.807) is 6.92 Å². The van der Waals surface area contributed by atoms with Gasteiger partial charge in [-0.05, 0) is 31.5 Å². The maximum Gasteiger partial charge on any atom is 0.416 e. The van der Waals surface area contributed by atoms with Crippen LogP contribution in [-0.2, 0) is 11.0 Å². The molecule has 0 aliphatic carbocycles. The standard InChI is InChI=1S/C19H15F3N4O4/c1-9-5-13(23-30-9)16(27)24-8-12-7-14(24)15-17(28)26(18(29)25(12)15)11-4-2-3-10(6-11)19(20,21)22/h2-6,12,14-15H,7-8H2,1H3/t12?,14?,15-/m1/s1. The van der Waals surface area contributed by atoms with Gasteiger partial charge >= 0.3 is 12.2 Å². The molecule has 3 fully saturated rings. The second kappa shape index (κ2) is 6.07. The molecule has 1 aromatic carbocycles. The molecule has 156 valence electrons. The first-order valence-electron chi connectivity index (χ1n) is 9.24. The van der Waals surface area contributed by atoms with Crippen LogP contribution in [0.2, 0.25) is 0 Å². The number of amides is 4. The lowest BCUT2D eigenvalue weighted by Gasteiger charge is -2.34. The summed E-state index contributed by atoms with van der Waals surface area (Å²) in [7, 11) is 0. The van der Waals surface area contributed by atoms with Crippen LogP contribution >= 0.6 is 0 Å². The Balaban J connectivity index is 1.45. The average Bonchev–Trinajstić information content (AvgIpc) is 3.44. The summed E-state index contributed by atoms with van der Waals surface area (Å²) in [5, 5.41) is 3.71. The molecule has 4 amide bonds. The van der Waals surface area contributed by atoms with Gasteiger partial charge in [-0.3, -0.25) is 9.59 Å². The lowest BCUT2D eigenvalue weighted by atomic mass is 10.1. The van der Waals surface area contributed by atoms with Crippen molar-refractivity contribution in [1.82, 2.24) is 15.0 Å². The molecule has 0 spiro atoms. The summed E-state index contributed by atoms with van der Waals surface area (Å²) in [5.41, 5.74) is -0.981. The fourth-order valence-corrected chi connectivity index (χ4v) is 4.56. The number of anilines is 1. The number of hydrogen-bond acceptors (Lipinski definition) is 5. The van der Waals surface area contributed by atoms with E-state index in [-0.39, 0.29) is 24.0 Å². The highest BCUT2D eigenvalue weighted by Gasteiger charge is 2.63. The van der Waals surface area contributed by atoms with Crippen molar-refractivity contribution in [3.8, 4) is 0 Å². The quantitative estimate of drug-likeness (QED) is 0.697. The topological polar surface area (TPSA) is 87.0 Å². The van der Waals surface area contributed by atoms with E-state index in [2.05, 4.69) is 5.16 Å². The van der Waals surface area contributed by atoms with Gasteiger partial charge in [-0.25, -0.2) is 9.69 Å². The van der Waals surface area contributed by atoms with Gasteiger partial charge in [0.1, 0.15) is 11.8 Å². The number of carbonyl (C=O) groups excluding carboxylic acids is 3. The fraction of sp³-hybridized carbons (Fsp3) is 0.368. The van der Waals surface area contributed by atoms with Gasteiger partial charge in [-0.2, -0.15) is 13.2 Å². The molecule has 5 rings (SSSR count). The molecule has 4 heterocycles. The van der Waals surface area contributed by atoms with Crippen LogP contribution in [-0.4, -0.2) is 57.5 Å². The minimum Gasteiger partial charge on any atom is -0.361 e. The van der Waals surface area contributed by atoms with Gasteiger partial charge < -0.3 is 14.3 Å². The van der Waals surface area contributed by atoms with Crippen molar-refractivity contribution in [2.45, 2.75) is 37.6 Å². The van der Waals surface area contributed by atoms with E-state index in [1.165, 1.54) is 21.9 Å². The number of likely N-dealkylation sites (tertiary alicyclic amines) is 1. The summed E-state index contributed by atoms with van der Waals surface area (Å²) in [6, 6.07) is 3.04. The number of benzene rings is 1. The predicted octanol–water partition coefficient (Wildman–Crippen LogP) is 2.44. The second-order valence-corrected chi connectivity index (χ2v) is 7.59. The first-order valence-corrected chi connectivity index (χ1v) is 9.24. The highest BCUT2D eigenvalue weighted by atomic mass is 19.4. The summed E-state index contributed by atoms with van der Waals surface area (Å²) in [5.74, 6) is -0.579. The molecule has 3 aliphatic rings. The Morgan fingerprint density at radius 2 is 2.00 bits per heavy atom. The third-order valence-corrected chi connectivity index (χ3v) is 5.80. The molecule has 11 heteroatoms. The number of halogens is 3. The predicted molar refractivity (Wildman–Crippen MR) is 94.4 cm³/mol. The van der Waals surface area contributed by atoms with Crippen molar-refractivity contribution >= 4 is 23.5 Å². The first-order chi connectivity index (χ1) is 14.2. The summed E-state index contributed by atoms with van der Waals surface area (Å²) in [6.07, 6.45) is -4.17. The van der Waals surface area contributed by atoms with Crippen LogP contribution in [0.5, 0.6) is 0 Å². The van der Waals surface area contributed by atoms with Gasteiger partial charge in [0.05, 0.1) is 23.3 Å². The third-order valence-electron chi connectivity index (χ3n) is 5.80. The molecule has 0 N–H and O–H groups in total. The lowest BCUT2D eigenvalue weighted by molar-refractivity contribution is -0.137. The number of alkyl halides is 3. The number of hydrogen-bond donors (Lipinski definition) is 0. The number of aryl methyl sites for hydroxylation is 1. The Hall–Kier alpha value is -3.37. The molecule has 2 bridgehead atoms. The van der Waals surface area contributed by atoms with Gasteiger partial charge in [0, 0.05) is 12.6 Å². The SMILES string of the molecule is Cc1cc(C(=O)N2CC3CC2[C@@H]2C(=O)N(c4cccc(C(F)(F)F)c4)C(=O)N32)no1. The van der Waals surface area contributed by atoms with Crippen molar-refractivity contribution in [2.24, 2.45) is 0 Å². The van der Waals surface area contributed by atoms with Crippen LogP contribution in [0.1, 0.15) is 28.2 Å². The zero-order chi connectivity index (χ0) is 21.4. The Bertz CT molecular complexity index is 1080. The van der Waals surface area contributed by atoms with Gasteiger partial charge in [-0.1, -0.05) is 11.2 Å². The number of imide groups is 1. The monoisotopic (exact) mass is 420 g/mol. The lowest BCUT2D eigenvalue weighted by Crippen LogP contribution is -2.54. The van der Waals surface area contributed by atoms with Gasteiger partial charge in [0.25, 0.3) is 11.8 Å². The zero-order valence-corrected chi connectivity index (χ0v) is 15.6. The molecule has 3 saturated heterocycles. The van der Waals surface area contributed by atoms with E-state index in [0.29, 0.717) is 12.2 Å². The molecule has 2 aromatic rings. The van der Waals surface area contributed by atoms with Gasteiger partial charge in [-0.15, -0.1) is 0 Å². The largest absolute Gasteiger partial charge is 0.416 e. The Morgan fingerprint density at radius 1 is 1.23 bits per heavy atom. The van der Waals surface area contributed by atoms with Crippen molar-refractivity contribution in [1.29, 1.82) is 0 Å². The van der Waals surface area contributed by atoms with Crippen molar-refractivity contribution < 1.29 is 32.1 Å². The molecule has 1 aromatic heterocycles. The number of carbonyl (C=O) groups is 3. The Morgan fingerprint density at radius 3 is 2.67 bits per heavy atom. The van der Waals surface area contributed by atoms with Crippen LogP contribution < -0.4 is 4.90 Å². The van der Waals surface area contributed by atoms with E-state index in [4.69, 9.17) is 4.52 Å². The van der Waals surface area contributed by atoms with Crippen LogP contribution in [0.15, 0.2) is 34.9 Å². The van der Waals surface area contributed by atoms with Crippen LogP contribution in [0.4, 0.5) is 23.7 Å². The van der Waals surface area contributed by atoms with E-state index in [1.807, 2.05) is 0 Å². The average molecular weight is 420 g/mol. The highest BCUT2D eigenvalue weighted by Crippen LogP contribution is 2.43. The normalized spacial score (nSPS) is 25.5. The third kappa shape index (κ3) is 2.54. The molecule has 0 radical (unpaired) electrons.